The Bertz CT molecular complexity index is 1040. The topological polar surface area (TPSA) is 74.7 Å². The molecule has 1 aliphatic carbocycles. The smallest absolute Gasteiger partial charge is 0.406 e. The Labute approximate surface area is 208 Å². The fourth-order valence-electron chi connectivity index (χ4n) is 3.71. The van der Waals surface area contributed by atoms with Gasteiger partial charge in [0.15, 0.2) is 5.69 Å². The van der Waals surface area contributed by atoms with E-state index in [4.69, 9.17) is 0 Å². The van der Waals surface area contributed by atoms with E-state index in [0.29, 0.717) is 23.8 Å². The number of aromatic nitrogens is 1. The van der Waals surface area contributed by atoms with Crippen LogP contribution in [-0.2, 0) is 6.18 Å². The molecule has 2 unspecified atom stereocenters. The highest BCUT2D eigenvalue weighted by atomic mass is 32.1. The van der Waals surface area contributed by atoms with Gasteiger partial charge in [0.25, 0.3) is 5.91 Å². The maximum absolute atomic E-state index is 13.7. The number of thiazole rings is 1. The van der Waals surface area contributed by atoms with Crippen molar-refractivity contribution in [2.24, 2.45) is 5.92 Å². The Morgan fingerprint density at radius 3 is 2.56 bits per heavy atom. The number of aliphatic hydroxyl groups is 1. The van der Waals surface area contributed by atoms with Gasteiger partial charge in [-0.05, 0) is 56.3 Å². The van der Waals surface area contributed by atoms with Gasteiger partial charge in [0.1, 0.15) is 21.7 Å². The number of nitrogens with one attached hydrogen (secondary N) is 1. The van der Waals surface area contributed by atoms with Crippen molar-refractivity contribution in [2.45, 2.75) is 57.8 Å². The van der Waals surface area contributed by atoms with Crippen LogP contribution in [0.5, 0.6) is 5.75 Å². The molecule has 1 amide bonds. The van der Waals surface area contributed by atoms with Crippen LogP contribution < -0.4 is 10.1 Å². The van der Waals surface area contributed by atoms with Crippen molar-refractivity contribution in [2.75, 3.05) is 19.6 Å². The fraction of sp³-hybridized carbons (Fsp3) is 0.565. The first kappa shape index (κ1) is 28.2. The zero-order valence-electron chi connectivity index (χ0n) is 19.6. The van der Waals surface area contributed by atoms with Gasteiger partial charge < -0.3 is 20.1 Å². The van der Waals surface area contributed by atoms with Gasteiger partial charge in [-0.2, -0.15) is 13.2 Å². The molecule has 1 aliphatic rings. The molecule has 0 saturated heterocycles. The summed E-state index contributed by atoms with van der Waals surface area (Å²) < 4.78 is 82.3. The first-order chi connectivity index (χ1) is 16.8. The summed E-state index contributed by atoms with van der Waals surface area (Å²) in [7, 11) is 0. The van der Waals surface area contributed by atoms with Gasteiger partial charge in [0.2, 0.25) is 0 Å². The van der Waals surface area contributed by atoms with Crippen molar-refractivity contribution in [1.82, 2.24) is 15.2 Å². The van der Waals surface area contributed by atoms with Crippen molar-refractivity contribution >= 4 is 17.2 Å². The van der Waals surface area contributed by atoms with E-state index in [2.05, 4.69) is 15.0 Å². The van der Waals surface area contributed by atoms with Crippen molar-refractivity contribution in [1.29, 1.82) is 0 Å². The van der Waals surface area contributed by atoms with E-state index in [1.807, 2.05) is 11.8 Å². The second kappa shape index (κ2) is 11.3. The molecule has 2 atom stereocenters. The minimum Gasteiger partial charge on any atom is -0.406 e. The number of halogens is 6. The molecular weight excluding hydrogens is 512 g/mol. The molecule has 200 valence electrons. The number of aliphatic hydroxyl groups excluding tert-OH is 1. The third kappa shape index (κ3) is 8.07. The SMILES string of the molecule is CCCN(CC1CC1)CC(O)c1nc(C(F)(F)F)c(C(=O)NC(C)c2cccc(OC(F)(F)F)c2)s1. The van der Waals surface area contributed by atoms with Gasteiger partial charge >= 0.3 is 12.5 Å². The molecule has 6 nitrogen and oxygen atoms in total. The summed E-state index contributed by atoms with van der Waals surface area (Å²) in [6, 6.07) is 3.83. The van der Waals surface area contributed by atoms with Crippen molar-refractivity contribution in [3.8, 4) is 5.75 Å². The maximum Gasteiger partial charge on any atom is 0.573 e. The van der Waals surface area contributed by atoms with Crippen molar-refractivity contribution in [3.63, 3.8) is 0 Å². The van der Waals surface area contributed by atoms with Gasteiger partial charge in [-0.3, -0.25) is 4.79 Å². The lowest BCUT2D eigenvalue weighted by atomic mass is 10.1. The summed E-state index contributed by atoms with van der Waals surface area (Å²) >= 11 is 0.452. The van der Waals surface area contributed by atoms with Gasteiger partial charge in [0, 0.05) is 13.1 Å². The number of alkyl halides is 6. The molecule has 1 fully saturated rings. The molecule has 0 radical (unpaired) electrons. The van der Waals surface area contributed by atoms with E-state index in [-0.39, 0.29) is 17.1 Å². The van der Waals surface area contributed by atoms with Gasteiger partial charge in [-0.15, -0.1) is 24.5 Å². The van der Waals surface area contributed by atoms with Crippen LogP contribution in [-0.4, -0.2) is 46.9 Å². The van der Waals surface area contributed by atoms with Crippen LogP contribution >= 0.6 is 11.3 Å². The zero-order valence-corrected chi connectivity index (χ0v) is 20.4. The molecule has 36 heavy (non-hydrogen) atoms. The van der Waals surface area contributed by atoms with Crippen molar-refractivity contribution < 1.29 is 41.0 Å². The fourth-order valence-corrected chi connectivity index (χ4v) is 4.68. The van der Waals surface area contributed by atoms with Gasteiger partial charge in [-0.1, -0.05) is 19.1 Å². The Morgan fingerprint density at radius 2 is 1.97 bits per heavy atom. The minimum absolute atomic E-state index is 0.0958. The minimum atomic E-state index is -4.94. The second-order valence-electron chi connectivity index (χ2n) is 8.76. The molecule has 2 aromatic rings. The molecule has 0 bridgehead atoms. The highest BCUT2D eigenvalue weighted by Gasteiger charge is 2.41. The van der Waals surface area contributed by atoms with Crippen LogP contribution in [0.1, 0.15) is 71.2 Å². The molecule has 0 spiro atoms. The molecule has 1 aromatic carbocycles. The number of amides is 1. The number of benzene rings is 1. The third-order valence-electron chi connectivity index (χ3n) is 5.53. The van der Waals surface area contributed by atoms with Gasteiger partial charge in [0.05, 0.1) is 6.04 Å². The van der Waals surface area contributed by atoms with Gasteiger partial charge in [-0.25, -0.2) is 4.98 Å². The first-order valence-electron chi connectivity index (χ1n) is 11.4. The standard InChI is InChI=1S/C23H27F6N3O3S/c1-3-9-32(11-14-7-8-14)12-17(33)21-31-19(22(24,25)26)18(36-21)20(34)30-13(2)15-5-4-6-16(10-15)35-23(27,28)29/h4-6,10,13-14,17,33H,3,7-9,11-12H2,1-2H3,(H,30,34). The van der Waals surface area contributed by atoms with Crippen LogP contribution in [0.4, 0.5) is 26.3 Å². The largest absolute Gasteiger partial charge is 0.573 e. The predicted molar refractivity (Wildman–Crippen MR) is 121 cm³/mol. The van der Waals surface area contributed by atoms with Crippen LogP contribution in [0.25, 0.3) is 0 Å². The summed E-state index contributed by atoms with van der Waals surface area (Å²) in [6.45, 7) is 4.89. The first-order valence-corrected chi connectivity index (χ1v) is 12.2. The Balaban J connectivity index is 1.77. The number of rotatable bonds is 11. The molecule has 2 N–H and O–H groups in total. The molecule has 1 aromatic heterocycles. The van der Waals surface area contributed by atoms with Crippen LogP contribution in [0.15, 0.2) is 24.3 Å². The monoisotopic (exact) mass is 539 g/mol. The lowest BCUT2D eigenvalue weighted by Gasteiger charge is -2.23. The van der Waals surface area contributed by atoms with Crippen LogP contribution in [0.3, 0.4) is 0 Å². The number of ether oxygens (including phenoxy) is 1. The maximum atomic E-state index is 13.7. The number of carbonyl (C=O) groups is 1. The summed E-state index contributed by atoms with van der Waals surface area (Å²) in [5, 5.41) is 12.8. The quantitative estimate of drug-likeness (QED) is 0.358. The van der Waals surface area contributed by atoms with Crippen LogP contribution in [0, 0.1) is 5.92 Å². The van der Waals surface area contributed by atoms with E-state index in [0.717, 1.165) is 37.9 Å². The zero-order chi connectivity index (χ0) is 26.7. The summed E-state index contributed by atoms with van der Waals surface area (Å²) in [5.41, 5.74) is -1.22. The molecule has 1 saturated carbocycles. The van der Waals surface area contributed by atoms with E-state index >= 15 is 0 Å². The molecular formula is C23H27F6N3O3S. The average Bonchev–Trinajstić information content (AvgIpc) is 3.44. The average molecular weight is 540 g/mol. The van der Waals surface area contributed by atoms with E-state index in [9.17, 15) is 36.2 Å². The van der Waals surface area contributed by atoms with Crippen molar-refractivity contribution in [3.05, 3.63) is 45.4 Å². The molecule has 3 rings (SSSR count). The number of carbonyl (C=O) groups excluding carboxylic acids is 1. The second-order valence-corrected chi connectivity index (χ2v) is 9.79. The highest BCUT2D eigenvalue weighted by molar-refractivity contribution is 7.13. The number of nitrogens with zero attached hydrogens (tertiary/aromatic N) is 2. The van der Waals surface area contributed by atoms with E-state index < -0.39 is 46.9 Å². The summed E-state index contributed by atoms with van der Waals surface area (Å²) in [4.78, 5) is 17.6. The summed E-state index contributed by atoms with van der Waals surface area (Å²) in [6.07, 6.45) is -8.19. The molecule has 1 heterocycles. The predicted octanol–water partition coefficient (Wildman–Crippen LogP) is 5.71. The molecule has 13 heteroatoms. The number of hydrogen-bond acceptors (Lipinski definition) is 6. The van der Waals surface area contributed by atoms with E-state index in [1.54, 1.807) is 0 Å². The molecule has 0 aliphatic heterocycles. The lowest BCUT2D eigenvalue weighted by molar-refractivity contribution is -0.274. The number of hydrogen-bond donors (Lipinski definition) is 2. The third-order valence-corrected chi connectivity index (χ3v) is 6.68. The Hall–Kier alpha value is -2.38. The summed E-state index contributed by atoms with van der Waals surface area (Å²) in [5.74, 6) is -1.10. The Morgan fingerprint density at radius 1 is 1.28 bits per heavy atom. The normalized spacial score (nSPS) is 16.2. The lowest BCUT2D eigenvalue weighted by Crippen LogP contribution is -2.31. The van der Waals surface area contributed by atoms with Crippen LogP contribution in [0.2, 0.25) is 0 Å². The Kier molecular flexibility index (Phi) is 8.88. The van der Waals surface area contributed by atoms with E-state index in [1.165, 1.54) is 19.1 Å². The highest BCUT2D eigenvalue weighted by Crippen LogP contribution is 2.37.